The molecule has 0 saturated carbocycles. The van der Waals surface area contributed by atoms with Crippen LogP contribution in [0.5, 0.6) is 0 Å². The number of hydrogen-bond donors (Lipinski definition) is 0. The SMILES string of the molecule is O=C1C(c2cccc(Cl)c2)=C(n2cccc2)CC1c1ccsc1. The van der Waals surface area contributed by atoms with Gasteiger partial charge in [0.2, 0.25) is 0 Å². The lowest BCUT2D eigenvalue weighted by Gasteiger charge is -2.08. The first-order valence-corrected chi connectivity index (χ1v) is 8.75. The van der Waals surface area contributed by atoms with Crippen LogP contribution in [-0.2, 0) is 4.79 Å². The van der Waals surface area contributed by atoms with Gasteiger partial charge in [-0.05, 0) is 52.2 Å². The summed E-state index contributed by atoms with van der Waals surface area (Å²) in [5.41, 5.74) is 3.81. The Morgan fingerprint density at radius 2 is 1.96 bits per heavy atom. The Bertz CT molecular complexity index is 878. The van der Waals surface area contributed by atoms with E-state index in [0.29, 0.717) is 11.4 Å². The number of aromatic nitrogens is 1. The van der Waals surface area contributed by atoms with Gasteiger partial charge >= 0.3 is 0 Å². The zero-order chi connectivity index (χ0) is 15.8. The first kappa shape index (κ1) is 14.5. The average Bonchev–Trinajstić information content (AvgIpc) is 3.28. The van der Waals surface area contributed by atoms with E-state index in [4.69, 9.17) is 11.6 Å². The predicted octanol–water partition coefficient (Wildman–Crippen LogP) is 5.33. The fraction of sp³-hybridized carbons (Fsp3) is 0.105. The lowest BCUT2D eigenvalue weighted by molar-refractivity contribution is -0.114. The van der Waals surface area contributed by atoms with Crippen LogP contribution < -0.4 is 0 Å². The number of hydrogen-bond acceptors (Lipinski definition) is 2. The summed E-state index contributed by atoms with van der Waals surface area (Å²) in [7, 11) is 0. The molecular formula is C19H14ClNOS. The van der Waals surface area contributed by atoms with Gasteiger partial charge < -0.3 is 4.57 Å². The van der Waals surface area contributed by atoms with Gasteiger partial charge in [0.1, 0.15) is 0 Å². The van der Waals surface area contributed by atoms with Gasteiger partial charge in [-0.25, -0.2) is 0 Å². The number of carbonyl (C=O) groups excluding carboxylic acids is 1. The number of allylic oxidation sites excluding steroid dienone is 2. The van der Waals surface area contributed by atoms with Crippen LogP contribution in [0.25, 0.3) is 11.3 Å². The number of thiophene rings is 1. The topological polar surface area (TPSA) is 22.0 Å². The van der Waals surface area contributed by atoms with Crippen molar-refractivity contribution in [3.8, 4) is 0 Å². The molecule has 0 spiro atoms. The van der Waals surface area contributed by atoms with Gasteiger partial charge in [-0.1, -0.05) is 23.7 Å². The van der Waals surface area contributed by atoms with Crippen molar-refractivity contribution < 1.29 is 4.79 Å². The van der Waals surface area contributed by atoms with Crippen molar-refractivity contribution >= 4 is 40.0 Å². The maximum atomic E-state index is 13.1. The summed E-state index contributed by atoms with van der Waals surface area (Å²) in [6.45, 7) is 0. The zero-order valence-corrected chi connectivity index (χ0v) is 13.8. The van der Waals surface area contributed by atoms with E-state index >= 15 is 0 Å². The first-order valence-electron chi connectivity index (χ1n) is 7.43. The van der Waals surface area contributed by atoms with Crippen molar-refractivity contribution in [2.75, 3.05) is 0 Å². The molecule has 2 aromatic heterocycles. The molecule has 1 unspecified atom stereocenters. The molecular weight excluding hydrogens is 326 g/mol. The Morgan fingerprint density at radius 1 is 1.13 bits per heavy atom. The highest BCUT2D eigenvalue weighted by Crippen LogP contribution is 2.43. The molecule has 0 saturated heterocycles. The molecule has 4 heteroatoms. The smallest absolute Gasteiger partial charge is 0.173 e. The van der Waals surface area contributed by atoms with E-state index in [9.17, 15) is 4.79 Å². The largest absolute Gasteiger partial charge is 0.327 e. The Balaban J connectivity index is 1.86. The molecule has 1 aromatic carbocycles. The zero-order valence-electron chi connectivity index (χ0n) is 12.3. The minimum Gasteiger partial charge on any atom is -0.327 e. The molecule has 2 nitrogen and oxygen atoms in total. The molecule has 0 N–H and O–H groups in total. The highest BCUT2D eigenvalue weighted by atomic mass is 35.5. The molecule has 0 amide bonds. The number of carbonyl (C=O) groups is 1. The lowest BCUT2D eigenvalue weighted by Crippen LogP contribution is -2.07. The van der Waals surface area contributed by atoms with Crippen molar-refractivity contribution in [2.24, 2.45) is 0 Å². The Kier molecular flexibility index (Phi) is 3.68. The normalized spacial score (nSPS) is 18.0. The van der Waals surface area contributed by atoms with Gasteiger partial charge in [0.05, 0.1) is 5.92 Å². The van der Waals surface area contributed by atoms with E-state index in [0.717, 1.165) is 22.4 Å². The molecule has 0 bridgehead atoms. The second-order valence-corrected chi connectivity index (χ2v) is 6.82. The van der Waals surface area contributed by atoms with Crippen molar-refractivity contribution in [1.29, 1.82) is 0 Å². The van der Waals surface area contributed by atoms with E-state index in [2.05, 4.69) is 5.38 Å². The van der Waals surface area contributed by atoms with Gasteiger partial charge in [0.25, 0.3) is 0 Å². The standard InChI is InChI=1S/C19H14ClNOS/c20-15-5-3-4-13(10-15)18-17(21-7-1-2-8-21)11-16(19(18)22)14-6-9-23-12-14/h1-10,12,16H,11H2. The van der Waals surface area contributed by atoms with E-state index < -0.39 is 0 Å². The van der Waals surface area contributed by atoms with Gasteiger partial charge in [-0.3, -0.25) is 4.79 Å². The quantitative estimate of drug-likeness (QED) is 0.632. The second-order valence-electron chi connectivity index (χ2n) is 5.60. The van der Waals surface area contributed by atoms with Crippen molar-refractivity contribution in [1.82, 2.24) is 4.57 Å². The molecule has 1 atom stereocenters. The molecule has 3 aromatic rings. The van der Waals surface area contributed by atoms with Crippen LogP contribution in [0, 0.1) is 0 Å². The first-order chi connectivity index (χ1) is 11.2. The summed E-state index contributed by atoms with van der Waals surface area (Å²) in [5, 5.41) is 4.74. The molecule has 2 heterocycles. The highest BCUT2D eigenvalue weighted by molar-refractivity contribution is 7.08. The number of benzene rings is 1. The van der Waals surface area contributed by atoms with Gasteiger partial charge in [0.15, 0.2) is 5.78 Å². The molecule has 1 aliphatic carbocycles. The Morgan fingerprint density at radius 3 is 2.65 bits per heavy atom. The summed E-state index contributed by atoms with van der Waals surface area (Å²) >= 11 is 7.77. The number of ketones is 1. The van der Waals surface area contributed by atoms with E-state index in [-0.39, 0.29) is 11.7 Å². The van der Waals surface area contributed by atoms with Gasteiger partial charge in [-0.2, -0.15) is 11.3 Å². The maximum Gasteiger partial charge on any atom is 0.173 e. The number of halogens is 1. The summed E-state index contributed by atoms with van der Waals surface area (Å²) in [4.78, 5) is 13.1. The van der Waals surface area contributed by atoms with E-state index in [1.54, 1.807) is 11.3 Å². The van der Waals surface area contributed by atoms with E-state index in [1.807, 2.05) is 64.8 Å². The van der Waals surface area contributed by atoms with Crippen molar-refractivity contribution in [3.05, 3.63) is 81.8 Å². The predicted molar refractivity (Wildman–Crippen MR) is 95.7 cm³/mol. The third kappa shape index (κ3) is 2.56. The Hall–Kier alpha value is -2.10. The van der Waals surface area contributed by atoms with Crippen molar-refractivity contribution in [2.45, 2.75) is 12.3 Å². The summed E-state index contributed by atoms with van der Waals surface area (Å²) in [5.74, 6) is 0.0713. The number of rotatable bonds is 3. The minimum absolute atomic E-state index is 0.104. The van der Waals surface area contributed by atoms with Crippen LogP contribution in [-0.4, -0.2) is 10.4 Å². The summed E-state index contributed by atoms with van der Waals surface area (Å²) < 4.78 is 2.04. The van der Waals surface area contributed by atoms with Gasteiger partial charge in [0, 0.05) is 35.1 Å². The van der Waals surface area contributed by atoms with Crippen molar-refractivity contribution in [3.63, 3.8) is 0 Å². The monoisotopic (exact) mass is 339 g/mol. The fourth-order valence-electron chi connectivity index (χ4n) is 3.15. The summed E-state index contributed by atoms with van der Waals surface area (Å²) in [6, 6.07) is 13.5. The molecule has 0 aliphatic heterocycles. The minimum atomic E-state index is -0.104. The van der Waals surface area contributed by atoms with Crippen LogP contribution >= 0.6 is 22.9 Å². The number of nitrogens with zero attached hydrogens (tertiary/aromatic N) is 1. The van der Waals surface area contributed by atoms with Crippen LogP contribution in [0.2, 0.25) is 5.02 Å². The van der Waals surface area contributed by atoms with Crippen LogP contribution in [0.4, 0.5) is 0 Å². The number of Topliss-reactive ketones (excluding diaryl/α,β-unsaturated/α-hetero) is 1. The molecule has 0 fully saturated rings. The van der Waals surface area contributed by atoms with E-state index in [1.165, 1.54) is 0 Å². The third-order valence-electron chi connectivity index (χ3n) is 4.22. The molecule has 4 rings (SSSR count). The molecule has 1 aliphatic rings. The van der Waals surface area contributed by atoms with Crippen LogP contribution in [0.15, 0.2) is 65.6 Å². The molecule has 114 valence electrons. The fourth-order valence-corrected chi connectivity index (χ4v) is 4.05. The average molecular weight is 340 g/mol. The van der Waals surface area contributed by atoms with Crippen LogP contribution in [0.3, 0.4) is 0 Å². The van der Waals surface area contributed by atoms with Crippen LogP contribution in [0.1, 0.15) is 23.5 Å². The lowest BCUT2D eigenvalue weighted by atomic mass is 9.95. The molecule has 0 radical (unpaired) electrons. The third-order valence-corrected chi connectivity index (χ3v) is 5.16. The maximum absolute atomic E-state index is 13.1. The second kappa shape index (κ2) is 5.84. The highest BCUT2D eigenvalue weighted by Gasteiger charge is 2.35. The van der Waals surface area contributed by atoms with Gasteiger partial charge in [-0.15, -0.1) is 0 Å². The molecule has 23 heavy (non-hydrogen) atoms. The summed E-state index contributed by atoms with van der Waals surface area (Å²) in [6.07, 6.45) is 4.69. The Labute approximate surface area is 143 Å².